The van der Waals surface area contributed by atoms with E-state index in [0.717, 1.165) is 23.3 Å². The normalized spacial score (nSPS) is 16.6. The van der Waals surface area contributed by atoms with Gasteiger partial charge in [-0.05, 0) is 28.8 Å². The molecular formula is C19H16F3NO4. The van der Waals surface area contributed by atoms with Crippen molar-refractivity contribution < 1.29 is 32.6 Å². The number of ether oxygens (including phenoxy) is 1. The number of halogens is 3. The molecule has 0 aliphatic carbocycles. The molecule has 1 aliphatic heterocycles. The summed E-state index contributed by atoms with van der Waals surface area (Å²) in [4.78, 5) is 25.5. The van der Waals surface area contributed by atoms with Crippen LogP contribution in [0.25, 0.3) is 0 Å². The lowest BCUT2D eigenvalue weighted by atomic mass is 9.93. The Balaban J connectivity index is 1.73. The molecule has 27 heavy (non-hydrogen) atoms. The van der Waals surface area contributed by atoms with E-state index >= 15 is 0 Å². The lowest BCUT2D eigenvalue weighted by molar-refractivity contribution is -0.274. The van der Waals surface area contributed by atoms with Crippen molar-refractivity contribution in [1.29, 1.82) is 0 Å². The lowest BCUT2D eigenvalue weighted by Gasteiger charge is -2.34. The number of rotatable bonds is 4. The Morgan fingerprint density at radius 1 is 1.07 bits per heavy atom. The van der Waals surface area contributed by atoms with Gasteiger partial charge in [0.05, 0.1) is 6.42 Å². The van der Waals surface area contributed by atoms with E-state index in [1.165, 1.54) is 17.0 Å². The summed E-state index contributed by atoms with van der Waals surface area (Å²) in [5, 5.41) is 9.48. The minimum atomic E-state index is -4.78. The van der Waals surface area contributed by atoms with Crippen molar-refractivity contribution in [3.8, 4) is 5.75 Å². The van der Waals surface area contributed by atoms with Gasteiger partial charge in [-0.15, -0.1) is 13.2 Å². The van der Waals surface area contributed by atoms with E-state index in [4.69, 9.17) is 0 Å². The van der Waals surface area contributed by atoms with E-state index in [-0.39, 0.29) is 25.1 Å². The van der Waals surface area contributed by atoms with Crippen LogP contribution in [0, 0.1) is 0 Å². The number of hydrogen-bond acceptors (Lipinski definition) is 3. The molecule has 2 aromatic carbocycles. The smallest absolute Gasteiger partial charge is 0.480 e. The Morgan fingerprint density at radius 3 is 2.30 bits per heavy atom. The molecule has 8 heteroatoms. The molecule has 5 nitrogen and oxygen atoms in total. The SMILES string of the molecule is O=C(O)C1Cc2ccccc2CN1C(=O)Cc1ccc(OC(F)(F)F)cc1. The van der Waals surface area contributed by atoms with Crippen molar-refractivity contribution in [3.63, 3.8) is 0 Å². The highest BCUT2D eigenvalue weighted by molar-refractivity contribution is 5.85. The summed E-state index contributed by atoms with van der Waals surface area (Å²) in [7, 11) is 0. The first-order chi connectivity index (χ1) is 12.7. The molecule has 0 saturated carbocycles. The first-order valence-corrected chi connectivity index (χ1v) is 8.16. The van der Waals surface area contributed by atoms with Crippen molar-refractivity contribution in [3.05, 3.63) is 65.2 Å². The third-order valence-corrected chi connectivity index (χ3v) is 4.37. The van der Waals surface area contributed by atoms with Crippen molar-refractivity contribution >= 4 is 11.9 Å². The maximum Gasteiger partial charge on any atom is 0.573 e. The number of carboxylic acids is 1. The highest BCUT2D eigenvalue weighted by Gasteiger charge is 2.34. The second kappa shape index (κ2) is 7.30. The molecule has 1 heterocycles. The Kier molecular flexibility index (Phi) is 5.07. The molecule has 1 amide bonds. The highest BCUT2D eigenvalue weighted by atomic mass is 19.4. The molecule has 2 aromatic rings. The molecule has 0 aromatic heterocycles. The molecule has 0 saturated heterocycles. The largest absolute Gasteiger partial charge is 0.573 e. The van der Waals surface area contributed by atoms with Gasteiger partial charge in [-0.3, -0.25) is 4.79 Å². The van der Waals surface area contributed by atoms with Gasteiger partial charge in [-0.2, -0.15) is 0 Å². The maximum atomic E-state index is 12.7. The standard InChI is InChI=1S/C19H16F3NO4/c20-19(21,22)27-15-7-5-12(6-8-15)9-17(24)23-11-14-4-2-1-3-13(14)10-16(23)18(25)26/h1-8,16H,9-11H2,(H,25,26). The van der Waals surface area contributed by atoms with Crippen LogP contribution >= 0.6 is 0 Å². The van der Waals surface area contributed by atoms with Crippen LogP contribution in [0.3, 0.4) is 0 Å². The van der Waals surface area contributed by atoms with Gasteiger partial charge in [0.2, 0.25) is 5.91 Å². The average Bonchev–Trinajstić information content (AvgIpc) is 2.61. The van der Waals surface area contributed by atoms with E-state index < -0.39 is 24.3 Å². The Labute approximate surface area is 153 Å². The van der Waals surface area contributed by atoms with E-state index in [2.05, 4.69) is 4.74 Å². The molecule has 0 bridgehead atoms. The summed E-state index contributed by atoms with van der Waals surface area (Å²) >= 11 is 0. The van der Waals surface area contributed by atoms with Crippen molar-refractivity contribution in [1.82, 2.24) is 4.90 Å². The molecule has 142 valence electrons. The van der Waals surface area contributed by atoms with Crippen molar-refractivity contribution in [2.24, 2.45) is 0 Å². The van der Waals surface area contributed by atoms with E-state index in [0.29, 0.717) is 5.56 Å². The number of benzene rings is 2. The minimum absolute atomic E-state index is 0.113. The third kappa shape index (κ3) is 4.58. The minimum Gasteiger partial charge on any atom is -0.480 e. The van der Waals surface area contributed by atoms with Crippen LogP contribution in [0.5, 0.6) is 5.75 Å². The quantitative estimate of drug-likeness (QED) is 0.886. The number of carbonyl (C=O) groups is 2. The predicted molar refractivity (Wildman–Crippen MR) is 88.9 cm³/mol. The summed E-state index contributed by atoms with van der Waals surface area (Å²) in [6, 6.07) is 11.3. The van der Waals surface area contributed by atoms with Crippen LogP contribution in [0.2, 0.25) is 0 Å². The van der Waals surface area contributed by atoms with Gasteiger partial charge in [0.15, 0.2) is 0 Å². The van der Waals surface area contributed by atoms with Crippen LogP contribution < -0.4 is 4.74 Å². The van der Waals surface area contributed by atoms with Gasteiger partial charge < -0.3 is 14.7 Å². The molecule has 1 unspecified atom stereocenters. The van der Waals surface area contributed by atoms with Crippen molar-refractivity contribution in [2.75, 3.05) is 0 Å². The lowest BCUT2D eigenvalue weighted by Crippen LogP contribution is -2.49. The topological polar surface area (TPSA) is 66.8 Å². The number of carboxylic acid groups (broad SMARTS) is 1. The Hall–Kier alpha value is -3.03. The first kappa shape index (κ1) is 18.8. The maximum absolute atomic E-state index is 12.7. The number of hydrogen-bond donors (Lipinski definition) is 1. The second-order valence-corrected chi connectivity index (χ2v) is 6.22. The highest BCUT2D eigenvalue weighted by Crippen LogP contribution is 2.26. The van der Waals surface area contributed by atoms with Crippen LogP contribution in [-0.2, 0) is 29.0 Å². The molecular weight excluding hydrogens is 363 g/mol. The van der Waals surface area contributed by atoms with Gasteiger partial charge in [0.25, 0.3) is 0 Å². The summed E-state index contributed by atoms with van der Waals surface area (Å²) in [6.07, 6.45) is -4.68. The number of carbonyl (C=O) groups excluding carboxylic acids is 1. The van der Waals surface area contributed by atoms with Gasteiger partial charge in [-0.25, -0.2) is 4.79 Å². The monoisotopic (exact) mass is 379 g/mol. The van der Waals surface area contributed by atoms with E-state index in [9.17, 15) is 27.9 Å². The molecule has 3 rings (SSSR count). The number of alkyl halides is 3. The van der Waals surface area contributed by atoms with Crippen LogP contribution in [0.1, 0.15) is 16.7 Å². The molecule has 1 aliphatic rings. The second-order valence-electron chi connectivity index (χ2n) is 6.22. The fourth-order valence-electron chi connectivity index (χ4n) is 3.09. The summed E-state index contributed by atoms with van der Waals surface area (Å²) in [6.45, 7) is 0.182. The number of amides is 1. The molecule has 0 spiro atoms. The number of aliphatic carboxylic acids is 1. The average molecular weight is 379 g/mol. The summed E-state index contributed by atoms with van der Waals surface area (Å²) in [5.74, 6) is -1.87. The fraction of sp³-hybridized carbons (Fsp3) is 0.263. The zero-order valence-corrected chi connectivity index (χ0v) is 14.1. The summed E-state index contributed by atoms with van der Waals surface area (Å²) < 4.78 is 40.4. The van der Waals surface area contributed by atoms with Crippen LogP contribution in [0.4, 0.5) is 13.2 Å². The van der Waals surface area contributed by atoms with Crippen LogP contribution in [0.15, 0.2) is 48.5 Å². The molecule has 1 atom stereocenters. The number of fused-ring (bicyclic) bond motifs is 1. The fourth-order valence-corrected chi connectivity index (χ4v) is 3.09. The Bertz CT molecular complexity index is 849. The Morgan fingerprint density at radius 2 is 1.70 bits per heavy atom. The zero-order valence-electron chi connectivity index (χ0n) is 14.1. The van der Waals surface area contributed by atoms with Crippen LogP contribution in [-0.4, -0.2) is 34.3 Å². The van der Waals surface area contributed by atoms with Gasteiger partial charge in [0, 0.05) is 13.0 Å². The third-order valence-electron chi connectivity index (χ3n) is 4.37. The summed E-state index contributed by atoms with van der Waals surface area (Å²) in [5.41, 5.74) is 2.25. The molecule has 0 radical (unpaired) electrons. The number of nitrogens with zero attached hydrogens (tertiary/aromatic N) is 1. The van der Waals surface area contributed by atoms with Gasteiger partial charge in [-0.1, -0.05) is 36.4 Å². The van der Waals surface area contributed by atoms with Gasteiger partial charge in [0.1, 0.15) is 11.8 Å². The van der Waals surface area contributed by atoms with Gasteiger partial charge >= 0.3 is 12.3 Å². The zero-order chi connectivity index (χ0) is 19.6. The first-order valence-electron chi connectivity index (χ1n) is 8.16. The molecule has 0 fully saturated rings. The van der Waals surface area contributed by atoms with Crippen molar-refractivity contribution in [2.45, 2.75) is 31.8 Å². The van der Waals surface area contributed by atoms with E-state index in [1.807, 2.05) is 24.3 Å². The predicted octanol–water partition coefficient (Wildman–Crippen LogP) is 3.17. The molecule has 1 N–H and O–H groups in total. The van der Waals surface area contributed by atoms with E-state index in [1.54, 1.807) is 0 Å².